The highest BCUT2D eigenvalue weighted by Gasteiger charge is 2.26. The largest absolute Gasteiger partial charge is 0.433 e. The lowest BCUT2D eigenvalue weighted by molar-refractivity contribution is -0.121. The number of halogens is 2. The molecule has 1 saturated heterocycles. The van der Waals surface area contributed by atoms with Gasteiger partial charge in [-0.15, -0.1) is 0 Å². The van der Waals surface area contributed by atoms with Crippen molar-refractivity contribution < 1.29 is 18.3 Å². The second-order valence-corrected chi connectivity index (χ2v) is 7.65. The van der Waals surface area contributed by atoms with E-state index in [1.165, 1.54) is 6.07 Å². The summed E-state index contributed by atoms with van der Waals surface area (Å²) in [6.07, 6.45) is 0.803. The van der Waals surface area contributed by atoms with Crippen LogP contribution in [0.25, 0.3) is 0 Å². The van der Waals surface area contributed by atoms with Gasteiger partial charge in [0, 0.05) is 31.7 Å². The molecule has 1 amide bonds. The van der Waals surface area contributed by atoms with E-state index in [0.29, 0.717) is 24.7 Å². The third-order valence-corrected chi connectivity index (χ3v) is 4.11. The normalized spacial score (nSPS) is 17.6. The first-order chi connectivity index (χ1) is 13.2. The minimum atomic E-state index is -2.86. The van der Waals surface area contributed by atoms with E-state index in [1.807, 2.05) is 25.7 Å². The highest BCUT2D eigenvalue weighted by molar-refractivity contribution is 5.86. The maximum atomic E-state index is 12.6. The maximum Gasteiger partial charge on any atom is 0.387 e. The highest BCUT2D eigenvalue weighted by atomic mass is 19.3. The van der Waals surface area contributed by atoms with Gasteiger partial charge in [0.05, 0.1) is 12.2 Å². The molecule has 7 nitrogen and oxygen atoms in total. The molecule has 1 heterocycles. The van der Waals surface area contributed by atoms with Gasteiger partial charge in [0.25, 0.3) is 0 Å². The van der Waals surface area contributed by atoms with Gasteiger partial charge in [-0.3, -0.25) is 9.79 Å². The summed E-state index contributed by atoms with van der Waals surface area (Å²) in [5, 5.41) is 9.14. The Morgan fingerprint density at radius 2 is 2.07 bits per heavy atom. The summed E-state index contributed by atoms with van der Waals surface area (Å²) in [4.78, 5) is 18.1. The molecule has 1 aromatic carbocycles. The van der Waals surface area contributed by atoms with Crippen molar-refractivity contribution in [1.29, 1.82) is 0 Å². The summed E-state index contributed by atoms with van der Waals surface area (Å²) in [5.41, 5.74) is 0.342. The van der Waals surface area contributed by atoms with E-state index in [2.05, 4.69) is 25.7 Å². The van der Waals surface area contributed by atoms with Crippen molar-refractivity contribution >= 4 is 17.6 Å². The van der Waals surface area contributed by atoms with Crippen molar-refractivity contribution in [3.8, 4) is 5.75 Å². The van der Waals surface area contributed by atoms with E-state index in [9.17, 15) is 13.6 Å². The summed E-state index contributed by atoms with van der Waals surface area (Å²) >= 11 is 0. The molecule has 1 aliphatic rings. The Bertz CT molecular complexity index is 691. The van der Waals surface area contributed by atoms with Crippen LogP contribution in [0.3, 0.4) is 0 Å². The van der Waals surface area contributed by atoms with E-state index in [-0.39, 0.29) is 29.8 Å². The molecule has 28 heavy (non-hydrogen) atoms. The molecule has 0 saturated carbocycles. The van der Waals surface area contributed by atoms with E-state index < -0.39 is 6.61 Å². The molecular weight excluding hydrogens is 368 g/mol. The molecule has 1 aromatic rings. The number of aliphatic imine (C=N–C) groups is 1. The van der Waals surface area contributed by atoms with Crippen molar-refractivity contribution in [2.75, 3.05) is 31.6 Å². The second kappa shape index (κ2) is 9.57. The highest BCUT2D eigenvalue weighted by Crippen LogP contribution is 2.31. The fourth-order valence-corrected chi connectivity index (χ4v) is 3.03. The lowest BCUT2D eigenvalue weighted by Crippen LogP contribution is -2.50. The second-order valence-electron chi connectivity index (χ2n) is 7.65. The van der Waals surface area contributed by atoms with Crippen LogP contribution in [0.1, 0.15) is 27.2 Å². The van der Waals surface area contributed by atoms with Crippen molar-refractivity contribution in [3.05, 3.63) is 24.3 Å². The fourth-order valence-electron chi connectivity index (χ4n) is 3.03. The first-order valence-electron chi connectivity index (χ1n) is 9.25. The number of carbonyl (C=O) groups excluding carboxylic acids is 1. The first kappa shape index (κ1) is 21.7. The fraction of sp³-hybridized carbons (Fsp3) is 0.579. The first-order valence-corrected chi connectivity index (χ1v) is 9.25. The standard InChI is InChI=1S/C19H29F2N5O2/c1-19(2,3)25-16(27)11-23-18(22-4)24-13-9-10-26(12-13)14-7-5-6-8-15(14)28-17(20)21/h5-8,13,17H,9-12H2,1-4H3,(H,25,27)(H2,22,23,24). The zero-order chi connectivity index (χ0) is 20.7. The number of para-hydroxylation sites is 2. The van der Waals surface area contributed by atoms with Crippen LogP contribution < -0.4 is 25.6 Å². The van der Waals surface area contributed by atoms with Crippen LogP contribution in [0.15, 0.2) is 29.3 Å². The summed E-state index contributed by atoms with van der Waals surface area (Å²) in [7, 11) is 1.63. The number of ether oxygens (including phenoxy) is 1. The third kappa shape index (κ3) is 6.86. The van der Waals surface area contributed by atoms with Crippen LogP contribution >= 0.6 is 0 Å². The molecule has 1 unspecified atom stereocenters. The van der Waals surface area contributed by atoms with Crippen molar-refractivity contribution in [3.63, 3.8) is 0 Å². The Labute approximate surface area is 164 Å². The number of guanidine groups is 1. The van der Waals surface area contributed by atoms with Crippen molar-refractivity contribution in [2.45, 2.75) is 45.4 Å². The number of hydrogen-bond donors (Lipinski definition) is 3. The Hall–Kier alpha value is -2.58. The van der Waals surface area contributed by atoms with Gasteiger partial charge in [0.1, 0.15) is 5.75 Å². The Kier molecular flexibility index (Phi) is 7.42. The molecule has 3 N–H and O–H groups in total. The molecule has 0 bridgehead atoms. The van der Waals surface area contributed by atoms with Gasteiger partial charge in [-0.2, -0.15) is 8.78 Å². The topological polar surface area (TPSA) is 78.0 Å². The molecular formula is C19H29F2N5O2. The molecule has 156 valence electrons. The van der Waals surface area contributed by atoms with Crippen LogP contribution in [0.2, 0.25) is 0 Å². The molecule has 0 spiro atoms. The zero-order valence-corrected chi connectivity index (χ0v) is 16.8. The van der Waals surface area contributed by atoms with E-state index in [0.717, 1.165) is 6.42 Å². The van der Waals surface area contributed by atoms with Gasteiger partial charge in [-0.05, 0) is 39.3 Å². The minimum absolute atomic E-state index is 0.0662. The maximum absolute atomic E-state index is 12.6. The lowest BCUT2D eigenvalue weighted by Gasteiger charge is -2.23. The monoisotopic (exact) mass is 397 g/mol. The average molecular weight is 397 g/mol. The van der Waals surface area contributed by atoms with Gasteiger partial charge in [-0.25, -0.2) is 0 Å². The van der Waals surface area contributed by atoms with Gasteiger partial charge < -0.3 is 25.6 Å². The van der Waals surface area contributed by atoms with Crippen molar-refractivity contribution in [2.24, 2.45) is 4.99 Å². The summed E-state index contributed by atoms with van der Waals surface area (Å²) in [6.45, 7) is 4.31. The number of anilines is 1. The van der Waals surface area contributed by atoms with Crippen molar-refractivity contribution in [1.82, 2.24) is 16.0 Å². The molecule has 0 radical (unpaired) electrons. The van der Waals surface area contributed by atoms with E-state index >= 15 is 0 Å². The molecule has 2 rings (SSSR count). The van der Waals surface area contributed by atoms with Crippen LogP contribution in [0.5, 0.6) is 5.75 Å². The predicted octanol–water partition coefficient (Wildman–Crippen LogP) is 1.95. The predicted molar refractivity (Wildman–Crippen MR) is 106 cm³/mol. The number of benzene rings is 1. The summed E-state index contributed by atoms with van der Waals surface area (Å²) < 4.78 is 29.9. The molecule has 0 aliphatic carbocycles. The van der Waals surface area contributed by atoms with E-state index in [1.54, 1.807) is 25.2 Å². The Balaban J connectivity index is 1.89. The van der Waals surface area contributed by atoms with Crippen LogP contribution in [0.4, 0.5) is 14.5 Å². The quantitative estimate of drug-likeness (QED) is 0.505. The number of nitrogens with zero attached hydrogens (tertiary/aromatic N) is 2. The minimum Gasteiger partial charge on any atom is -0.433 e. The zero-order valence-electron chi connectivity index (χ0n) is 16.8. The number of rotatable bonds is 6. The smallest absolute Gasteiger partial charge is 0.387 e. The van der Waals surface area contributed by atoms with Crippen LogP contribution in [-0.4, -0.2) is 56.7 Å². The van der Waals surface area contributed by atoms with Crippen LogP contribution in [0, 0.1) is 0 Å². The molecule has 1 atom stereocenters. The Morgan fingerprint density at radius 1 is 1.36 bits per heavy atom. The lowest BCUT2D eigenvalue weighted by atomic mass is 10.1. The molecule has 1 aliphatic heterocycles. The van der Waals surface area contributed by atoms with Gasteiger partial charge in [0.15, 0.2) is 5.96 Å². The van der Waals surface area contributed by atoms with Gasteiger partial charge in [0.2, 0.25) is 5.91 Å². The molecule has 0 aromatic heterocycles. The number of carbonyl (C=O) groups is 1. The number of amides is 1. The third-order valence-electron chi connectivity index (χ3n) is 4.11. The molecule has 9 heteroatoms. The Morgan fingerprint density at radius 3 is 2.71 bits per heavy atom. The summed E-state index contributed by atoms with van der Waals surface area (Å²) in [5.74, 6) is 0.564. The number of nitrogens with one attached hydrogen (secondary N) is 3. The number of hydrogen-bond acceptors (Lipinski definition) is 4. The number of alkyl halides is 2. The van der Waals surface area contributed by atoms with Gasteiger partial charge in [-0.1, -0.05) is 12.1 Å². The molecule has 1 fully saturated rings. The average Bonchev–Trinajstić information content (AvgIpc) is 3.05. The van der Waals surface area contributed by atoms with Gasteiger partial charge >= 0.3 is 6.61 Å². The van der Waals surface area contributed by atoms with Crippen LogP contribution in [-0.2, 0) is 4.79 Å². The SMILES string of the molecule is CN=C(NCC(=O)NC(C)(C)C)NC1CCN(c2ccccc2OC(F)F)C1. The summed E-state index contributed by atoms with van der Waals surface area (Å²) in [6, 6.07) is 6.83. The van der Waals surface area contributed by atoms with E-state index in [4.69, 9.17) is 0 Å².